The number of hydrogen-bond acceptors (Lipinski definition) is 1. The van der Waals surface area contributed by atoms with E-state index in [4.69, 9.17) is 0 Å². The topological polar surface area (TPSA) is 21.5 Å². The molecule has 0 spiro atoms. The molecule has 0 aliphatic carbocycles. The van der Waals surface area contributed by atoms with Crippen LogP contribution in [0.3, 0.4) is 0 Å². The summed E-state index contributed by atoms with van der Waals surface area (Å²) in [6.45, 7) is 4.23. The number of benzene rings is 1. The molecule has 0 heterocycles. The molecule has 0 bridgehead atoms. The number of para-hydroxylation sites is 1. The van der Waals surface area contributed by atoms with Crippen LogP contribution < -0.4 is 4.90 Å². The highest BCUT2D eigenvalue weighted by atomic mass is 16.1. The van der Waals surface area contributed by atoms with Crippen LogP contribution in [-0.4, -0.2) is 13.0 Å². The summed E-state index contributed by atoms with van der Waals surface area (Å²) in [7, 11) is 0. The normalized spacial score (nSPS) is 12.0. The zero-order valence-corrected chi connectivity index (χ0v) is 6.86. The summed E-state index contributed by atoms with van der Waals surface area (Å²) in [5, 5.41) is 0. The molecule has 1 aromatic carbocycles. The minimum atomic E-state index is 0.632. The third kappa shape index (κ3) is 2.04. The zero-order valence-electron chi connectivity index (χ0n) is 6.86. The van der Waals surface area contributed by atoms with Crippen molar-refractivity contribution in [1.29, 1.82) is 0 Å². The quantitative estimate of drug-likeness (QED) is 0.506. The van der Waals surface area contributed by atoms with E-state index in [2.05, 4.69) is 6.58 Å². The molecule has 0 aromatic heterocycles. The summed E-state index contributed by atoms with van der Waals surface area (Å²) >= 11 is 0. The van der Waals surface area contributed by atoms with E-state index in [-0.39, 0.29) is 0 Å². The second kappa shape index (κ2) is 4.46. The minimum Gasteiger partial charge on any atom is -0.239 e. The zero-order chi connectivity index (χ0) is 8.81. The van der Waals surface area contributed by atoms with Crippen molar-refractivity contribution >= 4 is 12.1 Å². The molecular weight excluding hydrogens is 150 g/mol. The lowest BCUT2D eigenvalue weighted by Crippen LogP contribution is -3.05. The van der Waals surface area contributed by atoms with Gasteiger partial charge < -0.3 is 0 Å². The Morgan fingerprint density at radius 2 is 2.00 bits per heavy atom. The van der Waals surface area contributed by atoms with E-state index in [1.54, 1.807) is 6.08 Å². The third-order valence-electron chi connectivity index (χ3n) is 1.65. The SMILES string of the molecule is C=CC[NH+](C=O)c1ccccc1. The molecule has 62 valence electrons. The Kier molecular flexibility index (Phi) is 3.23. The van der Waals surface area contributed by atoms with Crippen molar-refractivity contribution in [2.24, 2.45) is 0 Å². The Bertz CT molecular complexity index is 256. The van der Waals surface area contributed by atoms with Gasteiger partial charge in [-0.3, -0.25) is 0 Å². The van der Waals surface area contributed by atoms with Crippen molar-refractivity contribution in [3.63, 3.8) is 0 Å². The standard InChI is InChI=1S/C10H11NO/c1-2-8-11(9-12)10-6-4-3-5-7-10/h2-7,9H,1,8H2/p+1. The molecule has 12 heavy (non-hydrogen) atoms. The average molecular weight is 162 g/mol. The molecule has 1 rings (SSSR count). The molecule has 0 radical (unpaired) electrons. The summed E-state index contributed by atoms with van der Waals surface area (Å²) in [5.41, 5.74) is 0.979. The van der Waals surface area contributed by atoms with Crippen LogP contribution in [0.25, 0.3) is 0 Å². The van der Waals surface area contributed by atoms with E-state index < -0.39 is 0 Å². The maximum absolute atomic E-state index is 10.6. The number of carbonyl (C=O) groups is 1. The summed E-state index contributed by atoms with van der Waals surface area (Å²) in [4.78, 5) is 11.4. The number of amides is 1. The van der Waals surface area contributed by atoms with Crippen LogP contribution in [0.5, 0.6) is 0 Å². The molecule has 0 saturated heterocycles. The predicted molar refractivity (Wildman–Crippen MR) is 48.2 cm³/mol. The molecule has 1 N–H and O–H groups in total. The summed E-state index contributed by atoms with van der Waals surface area (Å²) < 4.78 is 0. The molecule has 0 aliphatic heterocycles. The van der Waals surface area contributed by atoms with Gasteiger partial charge in [-0.05, 0) is 18.2 Å². The van der Waals surface area contributed by atoms with Gasteiger partial charge in [0.15, 0.2) is 0 Å². The van der Waals surface area contributed by atoms with Gasteiger partial charge in [0.25, 0.3) is 0 Å². The highest BCUT2D eigenvalue weighted by Crippen LogP contribution is 1.97. The second-order valence-electron chi connectivity index (χ2n) is 2.50. The maximum Gasteiger partial charge on any atom is 0.305 e. The number of rotatable bonds is 4. The molecule has 0 fully saturated rings. The number of nitrogens with one attached hydrogen (secondary N) is 1. The molecule has 1 atom stereocenters. The molecule has 1 amide bonds. The van der Waals surface area contributed by atoms with Crippen LogP contribution in [0, 0.1) is 0 Å². The first-order valence-corrected chi connectivity index (χ1v) is 3.86. The lowest BCUT2D eigenvalue weighted by molar-refractivity contribution is -0.730. The Labute approximate surface area is 72.1 Å². The molecule has 2 heteroatoms. The molecular formula is C10H12NO+. The van der Waals surface area contributed by atoms with E-state index in [0.29, 0.717) is 6.54 Å². The van der Waals surface area contributed by atoms with Crippen molar-refractivity contribution in [3.05, 3.63) is 43.0 Å². The van der Waals surface area contributed by atoms with E-state index in [0.717, 1.165) is 17.0 Å². The summed E-state index contributed by atoms with van der Waals surface area (Å²) in [6, 6.07) is 9.62. The molecule has 2 nitrogen and oxygen atoms in total. The fourth-order valence-corrected chi connectivity index (χ4v) is 1.04. The molecule has 1 aromatic rings. The van der Waals surface area contributed by atoms with Gasteiger partial charge in [-0.25, -0.2) is 9.69 Å². The van der Waals surface area contributed by atoms with Crippen molar-refractivity contribution in [3.8, 4) is 0 Å². The van der Waals surface area contributed by atoms with Gasteiger partial charge in [-0.15, -0.1) is 0 Å². The highest BCUT2D eigenvalue weighted by Gasteiger charge is 2.06. The number of carbonyl (C=O) groups excluding carboxylic acids is 1. The molecule has 1 unspecified atom stereocenters. The van der Waals surface area contributed by atoms with E-state index in [1.165, 1.54) is 0 Å². The van der Waals surface area contributed by atoms with Crippen molar-refractivity contribution in [2.45, 2.75) is 0 Å². The summed E-state index contributed by atoms with van der Waals surface area (Å²) in [5.74, 6) is 0. The van der Waals surface area contributed by atoms with Gasteiger partial charge in [0.1, 0.15) is 12.2 Å². The van der Waals surface area contributed by atoms with Crippen LogP contribution in [0.15, 0.2) is 43.0 Å². The van der Waals surface area contributed by atoms with Crippen LogP contribution in [0.4, 0.5) is 5.69 Å². The monoisotopic (exact) mass is 162 g/mol. The first-order chi connectivity index (χ1) is 5.88. The third-order valence-corrected chi connectivity index (χ3v) is 1.65. The average Bonchev–Trinajstić information content (AvgIpc) is 2.15. The first kappa shape index (κ1) is 8.68. The maximum atomic E-state index is 10.6. The second-order valence-corrected chi connectivity index (χ2v) is 2.50. The van der Waals surface area contributed by atoms with Crippen molar-refractivity contribution < 1.29 is 9.69 Å². The van der Waals surface area contributed by atoms with Gasteiger partial charge in [-0.2, -0.15) is 0 Å². The first-order valence-electron chi connectivity index (χ1n) is 3.86. The molecule has 0 saturated carbocycles. The summed E-state index contributed by atoms with van der Waals surface area (Å²) in [6.07, 6.45) is 2.62. The molecule has 0 aliphatic rings. The fourth-order valence-electron chi connectivity index (χ4n) is 1.04. The van der Waals surface area contributed by atoms with Gasteiger partial charge in [-0.1, -0.05) is 24.8 Å². The van der Waals surface area contributed by atoms with Crippen LogP contribution in [0.1, 0.15) is 0 Å². The lowest BCUT2D eigenvalue weighted by Gasteiger charge is -2.07. The lowest BCUT2D eigenvalue weighted by atomic mass is 10.3. The van der Waals surface area contributed by atoms with E-state index >= 15 is 0 Å². The van der Waals surface area contributed by atoms with Gasteiger partial charge in [0.05, 0.1) is 0 Å². The van der Waals surface area contributed by atoms with Crippen LogP contribution in [-0.2, 0) is 4.79 Å². The van der Waals surface area contributed by atoms with Crippen molar-refractivity contribution in [1.82, 2.24) is 0 Å². The smallest absolute Gasteiger partial charge is 0.239 e. The fraction of sp³-hybridized carbons (Fsp3) is 0.100. The van der Waals surface area contributed by atoms with Gasteiger partial charge in [0.2, 0.25) is 0 Å². The largest absolute Gasteiger partial charge is 0.305 e. The Morgan fingerprint density at radius 3 is 2.50 bits per heavy atom. The minimum absolute atomic E-state index is 0.632. The van der Waals surface area contributed by atoms with Gasteiger partial charge >= 0.3 is 6.41 Å². The van der Waals surface area contributed by atoms with E-state index in [1.807, 2.05) is 30.3 Å². The highest BCUT2D eigenvalue weighted by molar-refractivity contribution is 5.43. The van der Waals surface area contributed by atoms with E-state index in [9.17, 15) is 4.79 Å². The van der Waals surface area contributed by atoms with Gasteiger partial charge in [0, 0.05) is 0 Å². The van der Waals surface area contributed by atoms with Crippen molar-refractivity contribution in [2.75, 3.05) is 6.54 Å². The van der Waals surface area contributed by atoms with Crippen LogP contribution in [0.2, 0.25) is 0 Å². The Hall–Kier alpha value is -1.41. The number of hydrogen-bond donors (Lipinski definition) is 1. The Morgan fingerprint density at radius 1 is 1.33 bits per heavy atom. The Balaban J connectivity index is 2.79. The predicted octanol–water partition coefficient (Wildman–Crippen LogP) is 0.545. The van der Waals surface area contributed by atoms with Crippen LogP contribution >= 0.6 is 0 Å². The number of quaternary nitrogens is 1.